The van der Waals surface area contributed by atoms with Gasteiger partial charge in [-0.1, -0.05) is 13.3 Å². The average molecular weight is 232 g/mol. The first kappa shape index (κ1) is 14.9. The number of nitrogens with one attached hydrogen (secondary N) is 1. The molecule has 2 atom stereocenters. The van der Waals surface area contributed by atoms with E-state index in [1.165, 1.54) is 7.11 Å². The molecule has 1 unspecified atom stereocenters. The van der Waals surface area contributed by atoms with Crippen molar-refractivity contribution in [3.63, 3.8) is 0 Å². The van der Waals surface area contributed by atoms with Gasteiger partial charge in [0.05, 0.1) is 18.6 Å². The quantitative estimate of drug-likeness (QED) is 0.534. The van der Waals surface area contributed by atoms with Crippen molar-refractivity contribution in [3.8, 4) is 0 Å². The highest BCUT2D eigenvalue weighted by molar-refractivity contribution is 5.81. The molecule has 0 saturated carbocycles. The predicted octanol–water partition coefficient (Wildman–Crippen LogP) is -0.280. The van der Waals surface area contributed by atoms with Gasteiger partial charge in [-0.3, -0.25) is 9.59 Å². The number of carboxylic acids is 1. The number of carboxylic acid groups (broad SMARTS) is 1. The maximum atomic E-state index is 11.4. The summed E-state index contributed by atoms with van der Waals surface area (Å²) in [6.07, 6.45) is 0.787. The summed E-state index contributed by atoms with van der Waals surface area (Å²) >= 11 is 0. The molecular formula is C10H20N2O4. The third-order valence-corrected chi connectivity index (χ3v) is 2.18. The molecule has 16 heavy (non-hydrogen) atoms. The molecule has 0 aromatic rings. The van der Waals surface area contributed by atoms with E-state index in [4.69, 9.17) is 15.6 Å². The highest BCUT2D eigenvalue weighted by Gasteiger charge is 2.16. The Hall–Kier alpha value is -1.14. The van der Waals surface area contributed by atoms with Crippen LogP contribution in [0.4, 0.5) is 0 Å². The van der Waals surface area contributed by atoms with Gasteiger partial charge in [0.1, 0.15) is 0 Å². The van der Waals surface area contributed by atoms with Gasteiger partial charge in [0, 0.05) is 13.7 Å². The highest BCUT2D eigenvalue weighted by Crippen LogP contribution is 1.97. The summed E-state index contributed by atoms with van der Waals surface area (Å²) in [6, 6.07) is -0.535. The number of hydrogen-bond donors (Lipinski definition) is 3. The van der Waals surface area contributed by atoms with Crippen LogP contribution in [-0.2, 0) is 14.3 Å². The zero-order valence-corrected chi connectivity index (χ0v) is 9.73. The molecule has 0 fully saturated rings. The minimum absolute atomic E-state index is 0.139. The number of methoxy groups -OCH3 is 1. The van der Waals surface area contributed by atoms with Crippen LogP contribution in [-0.4, -0.2) is 42.8 Å². The summed E-state index contributed by atoms with van der Waals surface area (Å²) in [5, 5.41) is 11.1. The molecule has 6 nitrogen and oxygen atoms in total. The molecule has 0 rings (SSSR count). The molecule has 0 aliphatic rings. The Morgan fingerprint density at radius 2 is 2.12 bits per heavy atom. The summed E-state index contributed by atoms with van der Waals surface area (Å²) < 4.78 is 4.91. The largest absolute Gasteiger partial charge is 0.481 e. The number of hydrogen-bond acceptors (Lipinski definition) is 4. The lowest BCUT2D eigenvalue weighted by Gasteiger charge is -2.16. The van der Waals surface area contributed by atoms with Gasteiger partial charge < -0.3 is 20.9 Å². The Morgan fingerprint density at radius 1 is 1.50 bits per heavy atom. The summed E-state index contributed by atoms with van der Waals surface area (Å²) in [7, 11) is 1.41. The SMILES string of the molecule is CCC[C@H](N)C(=O)NCC(CC(=O)O)OC. The molecule has 0 aromatic carbocycles. The van der Waals surface area contributed by atoms with Gasteiger partial charge >= 0.3 is 5.97 Å². The predicted molar refractivity (Wildman–Crippen MR) is 58.9 cm³/mol. The molecule has 0 radical (unpaired) electrons. The van der Waals surface area contributed by atoms with E-state index in [1.54, 1.807) is 0 Å². The summed E-state index contributed by atoms with van der Waals surface area (Å²) in [6.45, 7) is 2.11. The van der Waals surface area contributed by atoms with Crippen LogP contribution >= 0.6 is 0 Å². The van der Waals surface area contributed by atoms with Gasteiger partial charge in [0.25, 0.3) is 0 Å². The van der Waals surface area contributed by atoms with Crippen LogP contribution in [0.25, 0.3) is 0 Å². The van der Waals surface area contributed by atoms with Crippen molar-refractivity contribution >= 4 is 11.9 Å². The number of ether oxygens (including phenoxy) is 1. The van der Waals surface area contributed by atoms with Crippen LogP contribution < -0.4 is 11.1 Å². The van der Waals surface area contributed by atoms with E-state index in [-0.39, 0.29) is 18.9 Å². The number of aliphatic carboxylic acids is 1. The van der Waals surface area contributed by atoms with Crippen LogP contribution in [0.3, 0.4) is 0 Å². The van der Waals surface area contributed by atoms with Gasteiger partial charge in [-0.25, -0.2) is 0 Å². The highest BCUT2D eigenvalue weighted by atomic mass is 16.5. The maximum Gasteiger partial charge on any atom is 0.306 e. The number of nitrogens with two attached hydrogens (primary N) is 1. The third kappa shape index (κ3) is 6.36. The Labute approximate surface area is 95.1 Å². The molecule has 6 heteroatoms. The smallest absolute Gasteiger partial charge is 0.306 e. The van der Waals surface area contributed by atoms with Gasteiger partial charge in [-0.2, -0.15) is 0 Å². The van der Waals surface area contributed by atoms with Crippen LogP contribution in [0.1, 0.15) is 26.2 Å². The van der Waals surface area contributed by atoms with E-state index in [0.29, 0.717) is 6.42 Å². The molecule has 0 aliphatic carbocycles. The van der Waals surface area contributed by atoms with Crippen molar-refractivity contribution in [1.82, 2.24) is 5.32 Å². The van der Waals surface area contributed by atoms with Crippen LogP contribution in [0.5, 0.6) is 0 Å². The molecule has 0 aromatic heterocycles. The molecule has 0 saturated heterocycles. The van der Waals surface area contributed by atoms with E-state index in [2.05, 4.69) is 5.32 Å². The van der Waals surface area contributed by atoms with Crippen LogP contribution in [0.2, 0.25) is 0 Å². The maximum absolute atomic E-state index is 11.4. The molecule has 0 spiro atoms. The fraction of sp³-hybridized carbons (Fsp3) is 0.800. The van der Waals surface area contributed by atoms with Gasteiger partial charge in [-0.05, 0) is 6.42 Å². The second-order valence-electron chi connectivity index (χ2n) is 3.60. The monoisotopic (exact) mass is 232 g/mol. The van der Waals surface area contributed by atoms with E-state index in [9.17, 15) is 9.59 Å². The number of carbonyl (C=O) groups is 2. The number of carbonyl (C=O) groups excluding carboxylic acids is 1. The van der Waals surface area contributed by atoms with E-state index < -0.39 is 18.1 Å². The van der Waals surface area contributed by atoms with Crippen molar-refractivity contribution in [2.45, 2.75) is 38.3 Å². The number of rotatable bonds is 8. The van der Waals surface area contributed by atoms with Gasteiger partial charge in [0.2, 0.25) is 5.91 Å². The van der Waals surface area contributed by atoms with Crippen molar-refractivity contribution < 1.29 is 19.4 Å². The van der Waals surface area contributed by atoms with E-state index in [0.717, 1.165) is 6.42 Å². The Morgan fingerprint density at radius 3 is 2.56 bits per heavy atom. The van der Waals surface area contributed by atoms with Crippen LogP contribution in [0, 0.1) is 0 Å². The van der Waals surface area contributed by atoms with Crippen molar-refractivity contribution in [2.75, 3.05) is 13.7 Å². The molecule has 0 aliphatic heterocycles. The van der Waals surface area contributed by atoms with Crippen LogP contribution in [0.15, 0.2) is 0 Å². The Bertz CT molecular complexity index is 233. The fourth-order valence-corrected chi connectivity index (χ4v) is 1.22. The second kappa shape index (κ2) is 8.06. The zero-order valence-electron chi connectivity index (χ0n) is 9.73. The molecule has 4 N–H and O–H groups in total. The average Bonchev–Trinajstić information content (AvgIpc) is 2.23. The lowest BCUT2D eigenvalue weighted by atomic mass is 10.1. The van der Waals surface area contributed by atoms with Gasteiger partial charge in [-0.15, -0.1) is 0 Å². The minimum atomic E-state index is -0.959. The van der Waals surface area contributed by atoms with E-state index >= 15 is 0 Å². The first-order chi connectivity index (χ1) is 7.51. The normalized spacial score (nSPS) is 14.2. The fourth-order valence-electron chi connectivity index (χ4n) is 1.22. The third-order valence-electron chi connectivity index (χ3n) is 2.18. The topological polar surface area (TPSA) is 102 Å². The molecule has 1 amide bonds. The molecule has 94 valence electrons. The zero-order chi connectivity index (χ0) is 12.6. The molecule has 0 heterocycles. The minimum Gasteiger partial charge on any atom is -0.481 e. The summed E-state index contributed by atoms with van der Waals surface area (Å²) in [4.78, 5) is 21.8. The summed E-state index contributed by atoms with van der Waals surface area (Å²) in [5.74, 6) is -1.23. The van der Waals surface area contributed by atoms with Crippen molar-refractivity contribution in [3.05, 3.63) is 0 Å². The Kier molecular flexibility index (Phi) is 7.49. The standard InChI is InChI=1S/C10H20N2O4/c1-3-4-8(11)10(15)12-6-7(16-2)5-9(13)14/h7-8H,3-6,11H2,1-2H3,(H,12,15)(H,13,14)/t7?,8-/m0/s1. The first-order valence-corrected chi connectivity index (χ1v) is 5.29. The molecular weight excluding hydrogens is 212 g/mol. The number of amides is 1. The lowest BCUT2D eigenvalue weighted by Crippen LogP contribution is -2.44. The second-order valence-corrected chi connectivity index (χ2v) is 3.60. The summed E-state index contributed by atoms with van der Waals surface area (Å²) in [5.41, 5.74) is 5.59. The van der Waals surface area contributed by atoms with Crippen molar-refractivity contribution in [1.29, 1.82) is 0 Å². The van der Waals surface area contributed by atoms with E-state index in [1.807, 2.05) is 6.92 Å². The molecule has 0 bridgehead atoms. The first-order valence-electron chi connectivity index (χ1n) is 5.29. The van der Waals surface area contributed by atoms with Crippen molar-refractivity contribution in [2.24, 2.45) is 5.73 Å². The Balaban J connectivity index is 3.91. The lowest BCUT2D eigenvalue weighted by molar-refractivity contribution is -0.140. The van der Waals surface area contributed by atoms with Gasteiger partial charge in [0.15, 0.2) is 0 Å².